The monoisotopic (exact) mass is 361 g/mol. The Bertz CT molecular complexity index is 1120. The van der Waals surface area contributed by atoms with Crippen molar-refractivity contribution in [2.45, 2.75) is 20.8 Å². The highest BCUT2D eigenvalue weighted by Crippen LogP contribution is 2.27. The van der Waals surface area contributed by atoms with Crippen LogP contribution in [0.15, 0.2) is 54.2 Å². The smallest absolute Gasteiger partial charge is 0.265 e. The van der Waals surface area contributed by atoms with E-state index in [4.69, 9.17) is 4.98 Å². The lowest BCUT2D eigenvalue weighted by Crippen LogP contribution is -2.11. The van der Waals surface area contributed by atoms with Crippen molar-refractivity contribution in [2.24, 2.45) is 0 Å². The minimum atomic E-state index is -0.0748. The van der Waals surface area contributed by atoms with Crippen molar-refractivity contribution >= 4 is 28.6 Å². The van der Waals surface area contributed by atoms with Gasteiger partial charge in [0.1, 0.15) is 5.65 Å². The van der Waals surface area contributed by atoms with Gasteiger partial charge in [-0.2, -0.15) is 0 Å². The van der Waals surface area contributed by atoms with Gasteiger partial charge in [-0.1, -0.05) is 18.2 Å². The number of benzene rings is 1. The van der Waals surface area contributed by atoms with Crippen molar-refractivity contribution in [3.8, 4) is 11.3 Å². The number of thiophene rings is 1. The lowest BCUT2D eigenvalue weighted by atomic mass is 10.1. The van der Waals surface area contributed by atoms with Gasteiger partial charge in [0.05, 0.1) is 10.6 Å². The van der Waals surface area contributed by atoms with Crippen molar-refractivity contribution < 1.29 is 4.79 Å². The number of carbonyl (C=O) groups is 1. The van der Waals surface area contributed by atoms with Gasteiger partial charge in [-0.25, -0.2) is 4.98 Å². The predicted molar refractivity (Wildman–Crippen MR) is 107 cm³/mol. The fourth-order valence-corrected chi connectivity index (χ4v) is 3.74. The van der Waals surface area contributed by atoms with E-state index in [-0.39, 0.29) is 5.91 Å². The molecule has 130 valence electrons. The first kappa shape index (κ1) is 16.5. The van der Waals surface area contributed by atoms with Crippen LogP contribution in [0.1, 0.15) is 26.4 Å². The van der Waals surface area contributed by atoms with E-state index in [0.29, 0.717) is 0 Å². The lowest BCUT2D eigenvalue weighted by Gasteiger charge is -2.09. The van der Waals surface area contributed by atoms with Crippen molar-refractivity contribution in [2.75, 3.05) is 5.32 Å². The van der Waals surface area contributed by atoms with Crippen LogP contribution in [0, 0.1) is 20.8 Å². The molecule has 0 aliphatic carbocycles. The third kappa shape index (κ3) is 3.02. The molecule has 0 aliphatic rings. The van der Waals surface area contributed by atoms with Crippen LogP contribution in [0.3, 0.4) is 0 Å². The number of nitrogens with zero attached hydrogens (tertiary/aromatic N) is 2. The summed E-state index contributed by atoms with van der Waals surface area (Å²) in [5.74, 6) is -0.0748. The molecule has 4 aromatic rings. The van der Waals surface area contributed by atoms with Crippen LogP contribution >= 0.6 is 11.3 Å². The summed E-state index contributed by atoms with van der Waals surface area (Å²) in [6.07, 6.45) is 4.01. The second kappa shape index (κ2) is 6.42. The van der Waals surface area contributed by atoms with E-state index in [1.165, 1.54) is 11.3 Å². The molecule has 4 rings (SSSR count). The number of imidazole rings is 1. The molecule has 0 fully saturated rings. The van der Waals surface area contributed by atoms with E-state index in [1.54, 1.807) is 0 Å². The van der Waals surface area contributed by atoms with Gasteiger partial charge in [-0.3, -0.25) is 4.79 Å². The Labute approximate surface area is 156 Å². The zero-order valence-corrected chi connectivity index (χ0v) is 15.7. The fraction of sp³-hybridized carbons (Fsp3) is 0.143. The second-order valence-corrected chi connectivity index (χ2v) is 7.43. The van der Waals surface area contributed by atoms with Crippen molar-refractivity contribution in [3.05, 3.63) is 75.7 Å². The van der Waals surface area contributed by atoms with Crippen LogP contribution in [0.4, 0.5) is 5.69 Å². The number of aromatic nitrogens is 2. The first-order chi connectivity index (χ1) is 12.5. The molecule has 1 aromatic carbocycles. The average Bonchev–Trinajstić information content (AvgIpc) is 3.24. The van der Waals surface area contributed by atoms with Gasteiger partial charge >= 0.3 is 0 Å². The highest BCUT2D eigenvalue weighted by molar-refractivity contribution is 7.12. The SMILES string of the molecule is Cc1csc(C(=O)Nc2cc(-c3cn4cccc(C)c4n3)ccc2C)c1. The molecule has 0 saturated carbocycles. The van der Waals surface area contributed by atoms with E-state index in [1.807, 2.05) is 66.4 Å². The van der Waals surface area contributed by atoms with Crippen LogP contribution in [-0.4, -0.2) is 15.3 Å². The number of carbonyl (C=O) groups excluding carboxylic acids is 1. The van der Waals surface area contributed by atoms with E-state index >= 15 is 0 Å². The Morgan fingerprint density at radius 1 is 1.12 bits per heavy atom. The van der Waals surface area contributed by atoms with Crippen molar-refractivity contribution in [3.63, 3.8) is 0 Å². The van der Waals surface area contributed by atoms with Gasteiger partial charge in [-0.15, -0.1) is 11.3 Å². The lowest BCUT2D eigenvalue weighted by molar-refractivity contribution is 0.103. The standard InChI is InChI=1S/C21H19N3OS/c1-13-9-19(26-12-13)21(25)23-17-10-16(7-6-14(17)2)18-11-24-8-4-5-15(3)20(24)22-18/h4-12H,1-3H3,(H,23,25). The third-order valence-electron chi connectivity index (χ3n) is 4.41. The summed E-state index contributed by atoms with van der Waals surface area (Å²) < 4.78 is 2.03. The van der Waals surface area contributed by atoms with Gasteiger partial charge in [0.15, 0.2) is 0 Å². The molecule has 1 N–H and O–H groups in total. The van der Waals surface area contributed by atoms with E-state index in [0.717, 1.165) is 44.2 Å². The summed E-state index contributed by atoms with van der Waals surface area (Å²) >= 11 is 1.46. The van der Waals surface area contributed by atoms with Crippen molar-refractivity contribution in [1.29, 1.82) is 0 Å². The number of anilines is 1. The quantitative estimate of drug-likeness (QED) is 0.542. The Hall–Kier alpha value is -2.92. The maximum Gasteiger partial charge on any atom is 0.265 e. The molecule has 0 spiro atoms. The topological polar surface area (TPSA) is 46.4 Å². The van der Waals surface area contributed by atoms with Gasteiger partial charge in [0.25, 0.3) is 5.91 Å². The first-order valence-electron chi connectivity index (χ1n) is 8.43. The van der Waals surface area contributed by atoms with Gasteiger partial charge in [0.2, 0.25) is 0 Å². The number of hydrogen-bond acceptors (Lipinski definition) is 3. The second-order valence-electron chi connectivity index (χ2n) is 6.52. The summed E-state index contributed by atoms with van der Waals surface area (Å²) in [7, 11) is 0. The minimum Gasteiger partial charge on any atom is -0.321 e. The number of amides is 1. The van der Waals surface area contributed by atoms with Crippen LogP contribution in [0.5, 0.6) is 0 Å². The van der Waals surface area contributed by atoms with Gasteiger partial charge < -0.3 is 9.72 Å². The van der Waals surface area contributed by atoms with Gasteiger partial charge in [0, 0.05) is 23.6 Å². The summed E-state index contributed by atoms with van der Waals surface area (Å²) in [5, 5.41) is 5.02. The van der Waals surface area contributed by atoms with Crippen LogP contribution in [-0.2, 0) is 0 Å². The number of rotatable bonds is 3. The summed E-state index contributed by atoms with van der Waals surface area (Å²) in [6, 6.07) is 12.0. The van der Waals surface area contributed by atoms with Crippen LogP contribution in [0.2, 0.25) is 0 Å². The van der Waals surface area contributed by atoms with E-state index < -0.39 is 0 Å². The molecule has 0 bridgehead atoms. The van der Waals surface area contributed by atoms with E-state index in [2.05, 4.69) is 18.3 Å². The summed E-state index contributed by atoms with van der Waals surface area (Å²) in [5.41, 5.74) is 6.89. The molecule has 0 saturated heterocycles. The number of nitrogens with one attached hydrogen (secondary N) is 1. The fourth-order valence-electron chi connectivity index (χ4n) is 2.94. The van der Waals surface area contributed by atoms with E-state index in [9.17, 15) is 4.79 Å². The maximum absolute atomic E-state index is 12.5. The molecule has 0 atom stereocenters. The number of fused-ring (bicyclic) bond motifs is 1. The molecule has 0 unspecified atom stereocenters. The normalized spacial score (nSPS) is 11.0. The highest BCUT2D eigenvalue weighted by atomic mass is 32.1. The number of aryl methyl sites for hydroxylation is 3. The molecule has 5 heteroatoms. The molecular weight excluding hydrogens is 342 g/mol. The zero-order chi connectivity index (χ0) is 18.3. The predicted octanol–water partition coefficient (Wildman–Crippen LogP) is 5.24. The maximum atomic E-state index is 12.5. The number of pyridine rings is 1. The Morgan fingerprint density at radius 3 is 2.69 bits per heavy atom. The Morgan fingerprint density at radius 2 is 1.96 bits per heavy atom. The summed E-state index contributed by atoms with van der Waals surface area (Å²) in [6.45, 7) is 6.04. The average molecular weight is 361 g/mol. The minimum absolute atomic E-state index is 0.0748. The molecule has 1 amide bonds. The number of hydrogen-bond donors (Lipinski definition) is 1. The molecule has 26 heavy (non-hydrogen) atoms. The third-order valence-corrected chi connectivity index (χ3v) is 5.46. The molecule has 4 nitrogen and oxygen atoms in total. The molecule has 3 heterocycles. The first-order valence-corrected chi connectivity index (χ1v) is 9.31. The van der Waals surface area contributed by atoms with Crippen LogP contribution < -0.4 is 5.32 Å². The Balaban J connectivity index is 1.69. The molecule has 3 aromatic heterocycles. The zero-order valence-electron chi connectivity index (χ0n) is 14.9. The molecular formula is C21H19N3OS. The highest BCUT2D eigenvalue weighted by Gasteiger charge is 2.12. The largest absolute Gasteiger partial charge is 0.321 e. The summed E-state index contributed by atoms with van der Waals surface area (Å²) in [4.78, 5) is 18.0. The van der Waals surface area contributed by atoms with Crippen LogP contribution in [0.25, 0.3) is 16.9 Å². The Kier molecular flexibility index (Phi) is 4.09. The molecule has 0 aliphatic heterocycles. The van der Waals surface area contributed by atoms with Crippen molar-refractivity contribution in [1.82, 2.24) is 9.38 Å². The van der Waals surface area contributed by atoms with Gasteiger partial charge in [-0.05, 0) is 61.0 Å². The molecule has 0 radical (unpaired) electrons.